The highest BCUT2D eigenvalue weighted by atomic mass is 32.2. The number of aromatic nitrogens is 5. The summed E-state index contributed by atoms with van der Waals surface area (Å²) in [5, 5.41) is 28.9. The van der Waals surface area contributed by atoms with Crippen LogP contribution >= 0.6 is 11.3 Å². The zero-order chi connectivity index (χ0) is 43.7. The van der Waals surface area contributed by atoms with Crippen molar-refractivity contribution in [2.45, 2.75) is 105 Å². The van der Waals surface area contributed by atoms with Gasteiger partial charge in [0.05, 0.1) is 30.7 Å². The predicted molar refractivity (Wildman–Crippen MR) is 204 cm³/mol. The molecule has 3 N–H and O–H groups in total. The van der Waals surface area contributed by atoms with Gasteiger partial charge in [-0.1, -0.05) is 5.16 Å². The summed E-state index contributed by atoms with van der Waals surface area (Å²) >= 11 is 1.01. The second-order valence-electron chi connectivity index (χ2n) is 15.9. The number of nitrogens with one attached hydrogen (secondary N) is 1. The minimum Gasteiger partial charge on any atom is -0.503 e. The Balaban J connectivity index is 1.53. The van der Waals surface area contributed by atoms with Gasteiger partial charge in [-0.3, -0.25) is 33.4 Å². The molecule has 0 radical (unpaired) electrons. The van der Waals surface area contributed by atoms with Crippen LogP contribution in [0.1, 0.15) is 79.4 Å². The normalized spacial score (nSPS) is 15.8. The van der Waals surface area contributed by atoms with Crippen LogP contribution in [0.25, 0.3) is 11.5 Å². The van der Waals surface area contributed by atoms with Crippen molar-refractivity contribution in [3.8, 4) is 17.3 Å². The first-order valence-corrected chi connectivity index (χ1v) is 20.1. The summed E-state index contributed by atoms with van der Waals surface area (Å²) in [7, 11) is -4.92. The van der Waals surface area contributed by atoms with E-state index in [1.54, 1.807) is 41.5 Å². The van der Waals surface area contributed by atoms with Crippen molar-refractivity contribution < 1.29 is 56.9 Å². The molecule has 0 bridgehead atoms. The van der Waals surface area contributed by atoms with Crippen LogP contribution in [-0.2, 0) is 61.3 Å². The Morgan fingerprint density at radius 2 is 1.69 bits per heavy atom. The summed E-state index contributed by atoms with van der Waals surface area (Å²) in [6.07, 6.45) is -1.10. The number of esters is 2. The van der Waals surface area contributed by atoms with E-state index < -0.39 is 122 Å². The number of pyridine rings is 1. The lowest BCUT2D eigenvalue weighted by Gasteiger charge is -2.36. The number of nitrogens with zero attached hydrogens (tertiary/aromatic N) is 6. The molecule has 3 aromatic heterocycles. The van der Waals surface area contributed by atoms with Crippen molar-refractivity contribution in [2.75, 3.05) is 12.3 Å². The number of Topliss-reactive ketones (excluding diaryl/α,β-unsaturated/α-hetero) is 1. The third kappa shape index (κ3) is 11.1. The molecule has 58 heavy (non-hydrogen) atoms. The lowest BCUT2D eigenvalue weighted by Crippen LogP contribution is -2.57. The number of aromatic amines is 1. The molecule has 0 saturated carbocycles. The molecule has 4 rings (SSSR count). The maximum absolute atomic E-state index is 13.7. The summed E-state index contributed by atoms with van der Waals surface area (Å²) in [5.74, 6) is -7.97. The Kier molecular flexibility index (Phi) is 13.0. The van der Waals surface area contributed by atoms with Gasteiger partial charge in [0.1, 0.15) is 21.9 Å². The molecule has 2 atom stereocenters. The first-order valence-electron chi connectivity index (χ1n) is 17.7. The summed E-state index contributed by atoms with van der Waals surface area (Å²) in [6.45, 7) is 13.2. The van der Waals surface area contributed by atoms with E-state index >= 15 is 0 Å². The maximum Gasteiger partial charge on any atom is 0.360 e. The highest BCUT2D eigenvalue weighted by Gasteiger charge is 2.44. The van der Waals surface area contributed by atoms with Crippen LogP contribution in [-0.4, -0.2) is 118 Å². The fraction of sp³-hybridized carbons (Fsp3) is 0.543. The minimum atomic E-state index is -4.92. The van der Waals surface area contributed by atoms with Crippen molar-refractivity contribution in [2.24, 2.45) is 11.1 Å². The van der Waals surface area contributed by atoms with E-state index in [9.17, 15) is 52.2 Å². The van der Waals surface area contributed by atoms with Gasteiger partial charge in [0.2, 0.25) is 22.8 Å². The zero-order valence-electron chi connectivity index (χ0n) is 33.2. The van der Waals surface area contributed by atoms with Crippen molar-refractivity contribution >= 4 is 56.6 Å². The second-order valence-corrected chi connectivity index (χ2v) is 18.6. The van der Waals surface area contributed by atoms with E-state index in [0.717, 1.165) is 28.2 Å². The molecule has 1 aliphatic rings. The molecule has 0 spiro atoms. The van der Waals surface area contributed by atoms with E-state index in [-0.39, 0.29) is 26.9 Å². The number of ketones is 1. The second kappa shape index (κ2) is 16.7. The van der Waals surface area contributed by atoms with E-state index in [2.05, 4.69) is 20.2 Å². The quantitative estimate of drug-likeness (QED) is 0.0812. The van der Waals surface area contributed by atoms with Gasteiger partial charge < -0.3 is 29.5 Å². The summed E-state index contributed by atoms with van der Waals surface area (Å²) < 4.78 is 38.1. The van der Waals surface area contributed by atoms with Crippen LogP contribution in [0.2, 0.25) is 0 Å². The molecule has 0 aromatic carbocycles. The standard InChI is InChI=1S/C35H45N7O14S2/c1-18(43)14-41-29(20-11-22(44)24(46)13-36-20)38-42(32(41)51)58(52,53)17-26(47)40-15-19(30(40)49)10-23(45)28(39-56-35(8,9)31(50)55-34(5,6)7)21-16-57-25(37-21)12-27(48)54-33(2,3)4/h11,13,16,18-19,43,46H,10,12,14-15,17H2,1-9H3,(H,36,44)/b39-28-/t18-,19-/m0/s1. The number of aliphatic hydroxyl groups excluding tert-OH is 1. The van der Waals surface area contributed by atoms with E-state index in [0.29, 0.717) is 4.90 Å². The average Bonchev–Trinajstić information content (AvgIpc) is 3.65. The summed E-state index contributed by atoms with van der Waals surface area (Å²) in [4.78, 5) is 103. The lowest BCUT2D eigenvalue weighted by atomic mass is 9.91. The smallest absolute Gasteiger partial charge is 0.360 e. The SMILES string of the molecule is C[C@H](O)Cn1c(-c2cc(=O)c(O)c[nH]2)nn(S(=O)(=O)CC(=O)N2C[C@H](CC(=O)/C(=N\OC(C)(C)C(=O)OC(C)(C)C)c3csc(CC(=O)OC(C)(C)C)n3)C2=O)c1=O. The van der Waals surface area contributed by atoms with Crippen molar-refractivity contribution in [1.29, 1.82) is 0 Å². The molecule has 316 valence electrons. The van der Waals surface area contributed by atoms with Gasteiger partial charge in [0, 0.05) is 30.6 Å². The molecule has 21 nitrogen and oxygen atoms in total. The molecule has 1 fully saturated rings. The zero-order valence-corrected chi connectivity index (χ0v) is 34.8. The fourth-order valence-electron chi connectivity index (χ4n) is 5.11. The summed E-state index contributed by atoms with van der Waals surface area (Å²) in [6, 6.07) is 0.847. The number of hydrogen-bond acceptors (Lipinski definition) is 18. The molecule has 1 saturated heterocycles. The Morgan fingerprint density at radius 1 is 1.05 bits per heavy atom. The molecule has 2 amide bonds. The van der Waals surface area contributed by atoms with Crippen LogP contribution in [0.5, 0.6) is 5.75 Å². The number of aromatic hydroxyl groups is 1. The fourth-order valence-corrected chi connectivity index (χ4v) is 7.00. The van der Waals surface area contributed by atoms with E-state index in [1.807, 2.05) is 0 Å². The summed E-state index contributed by atoms with van der Waals surface area (Å²) in [5.41, 5.74) is -6.18. The molecule has 0 aliphatic carbocycles. The largest absolute Gasteiger partial charge is 0.503 e. The number of carbonyl (C=O) groups excluding carboxylic acids is 5. The number of β-lactam (4-membered cyclic amide) rings is 1. The molecule has 3 aromatic rings. The minimum absolute atomic E-state index is 0.00844. The molecule has 23 heteroatoms. The number of likely N-dealkylation sites (tertiary alicyclic amines) is 1. The van der Waals surface area contributed by atoms with Gasteiger partial charge in [-0.05, 0) is 62.3 Å². The Bertz CT molecular complexity index is 2370. The van der Waals surface area contributed by atoms with Crippen molar-refractivity contribution in [3.05, 3.63) is 49.1 Å². The van der Waals surface area contributed by atoms with Gasteiger partial charge in [-0.15, -0.1) is 20.5 Å². The first kappa shape index (κ1) is 45.2. The number of aliphatic hydroxyl groups is 1. The maximum atomic E-state index is 13.7. The van der Waals surface area contributed by atoms with Gasteiger partial charge in [0.15, 0.2) is 28.8 Å². The van der Waals surface area contributed by atoms with Crippen LogP contribution in [0, 0.1) is 5.92 Å². The Hall–Kier alpha value is -5.55. The number of H-pyrrole nitrogens is 1. The number of oxime groups is 1. The van der Waals surface area contributed by atoms with E-state index in [1.165, 1.54) is 26.2 Å². The molecule has 0 unspecified atom stereocenters. The number of imide groups is 1. The number of carbonyl (C=O) groups is 5. The number of rotatable bonds is 15. The number of amides is 2. The van der Waals surface area contributed by atoms with Crippen LogP contribution in [0.15, 0.2) is 32.4 Å². The lowest BCUT2D eigenvalue weighted by molar-refractivity contribution is -0.179. The first-order chi connectivity index (χ1) is 26.6. The van der Waals surface area contributed by atoms with Gasteiger partial charge >= 0.3 is 17.6 Å². The highest BCUT2D eigenvalue weighted by Crippen LogP contribution is 2.25. The average molecular weight is 852 g/mol. The van der Waals surface area contributed by atoms with Crippen LogP contribution < -0.4 is 11.1 Å². The third-order valence-corrected chi connectivity index (χ3v) is 9.99. The molecular formula is C35H45N7O14S2. The predicted octanol–water partition coefficient (Wildman–Crippen LogP) is 0.491. The highest BCUT2D eigenvalue weighted by molar-refractivity contribution is 7.90. The van der Waals surface area contributed by atoms with Crippen LogP contribution in [0.3, 0.4) is 0 Å². The Morgan fingerprint density at radius 3 is 2.26 bits per heavy atom. The van der Waals surface area contributed by atoms with Crippen molar-refractivity contribution in [1.82, 2.24) is 28.6 Å². The molecular weight excluding hydrogens is 807 g/mol. The van der Waals surface area contributed by atoms with Crippen LogP contribution in [0.4, 0.5) is 0 Å². The number of thiazole rings is 1. The van der Waals surface area contributed by atoms with Gasteiger partial charge in [0.25, 0.3) is 10.0 Å². The monoisotopic (exact) mass is 851 g/mol. The third-order valence-electron chi connectivity index (χ3n) is 7.77. The molecule has 4 heterocycles. The van der Waals surface area contributed by atoms with E-state index in [4.69, 9.17) is 14.3 Å². The molecule has 1 aliphatic heterocycles. The Labute approximate surface area is 335 Å². The topological polar surface area (TPSA) is 289 Å². The van der Waals surface area contributed by atoms with Gasteiger partial charge in [-0.25, -0.2) is 23.0 Å². The van der Waals surface area contributed by atoms with Gasteiger partial charge in [-0.2, -0.15) is 0 Å². The number of hydrogen-bond donors (Lipinski definition) is 3. The number of ether oxygens (including phenoxy) is 2. The van der Waals surface area contributed by atoms with Crippen molar-refractivity contribution in [3.63, 3.8) is 0 Å².